The van der Waals surface area contributed by atoms with Crippen LogP contribution in [0.2, 0.25) is 0 Å². The summed E-state index contributed by atoms with van der Waals surface area (Å²) in [5.41, 5.74) is 0.958. The van der Waals surface area contributed by atoms with Crippen molar-refractivity contribution in [3.8, 4) is 0 Å². The Morgan fingerprint density at radius 2 is 2.21 bits per heavy atom. The highest BCUT2D eigenvalue weighted by atomic mass is 19.1. The number of nitrogens with zero attached hydrogens (tertiary/aromatic N) is 3. The van der Waals surface area contributed by atoms with E-state index < -0.39 is 11.6 Å². The Hall–Kier alpha value is -2.36. The average molecular weight is 406 g/mol. The van der Waals surface area contributed by atoms with E-state index in [-0.39, 0.29) is 24.4 Å². The summed E-state index contributed by atoms with van der Waals surface area (Å²) in [5.74, 6) is -0.586. The number of nitrogens with one attached hydrogen (secondary N) is 1. The molecule has 1 atom stereocenters. The Labute approximate surface area is 167 Å². The first-order valence-electron chi connectivity index (χ1n) is 9.71. The molecule has 1 fully saturated rings. The quantitative estimate of drug-likeness (QED) is 0.813. The lowest BCUT2D eigenvalue weighted by Gasteiger charge is -2.29. The molecule has 156 valence electrons. The number of ether oxygens (including phenoxy) is 1. The molecule has 2 aliphatic heterocycles. The zero-order valence-electron chi connectivity index (χ0n) is 16.3. The van der Waals surface area contributed by atoms with Gasteiger partial charge in [-0.05, 0) is 25.2 Å². The average Bonchev–Trinajstić information content (AvgIpc) is 3.12. The molecule has 3 heterocycles. The minimum atomic E-state index is -0.465. The van der Waals surface area contributed by atoms with E-state index in [9.17, 15) is 13.6 Å². The molecule has 0 unspecified atom stereocenters. The molecule has 7 nitrogen and oxygen atoms in total. The predicted octanol–water partition coefficient (Wildman–Crippen LogP) is 1.57. The van der Waals surface area contributed by atoms with Gasteiger partial charge in [0.25, 0.3) is 5.89 Å². The first-order valence-corrected chi connectivity index (χ1v) is 9.71. The topological polar surface area (TPSA) is 70.8 Å². The number of likely N-dealkylation sites (N-methyl/N-ethyl adjacent to an activating group) is 1. The second-order valence-electron chi connectivity index (χ2n) is 7.55. The lowest BCUT2D eigenvalue weighted by Crippen LogP contribution is -2.45. The summed E-state index contributed by atoms with van der Waals surface area (Å²) >= 11 is 0. The fourth-order valence-electron chi connectivity index (χ4n) is 3.66. The smallest absolute Gasteiger partial charge is 0.307 e. The standard InChI is InChI=1S/C20H24F2N4O3/c1-25-6-7-28-15(11-25)9-23-19(27)20-24-17-12-26(5-4-18(17)29-20)10-13-8-14(21)2-3-16(13)22/h2-3,8,15H,4-7,9-12H2,1H3,(H,23,27)/t15-/m1/s1. The van der Waals surface area contributed by atoms with Gasteiger partial charge in [0.1, 0.15) is 17.4 Å². The number of oxazole rings is 1. The maximum atomic E-state index is 13.9. The minimum absolute atomic E-state index is 0.0259. The summed E-state index contributed by atoms with van der Waals surface area (Å²) < 4.78 is 38.6. The maximum Gasteiger partial charge on any atom is 0.307 e. The van der Waals surface area contributed by atoms with Crippen LogP contribution in [0, 0.1) is 11.6 Å². The van der Waals surface area contributed by atoms with Crippen LogP contribution in [-0.2, 0) is 24.2 Å². The summed E-state index contributed by atoms with van der Waals surface area (Å²) in [6.07, 6.45) is 0.502. The Balaban J connectivity index is 1.35. The van der Waals surface area contributed by atoms with Crippen molar-refractivity contribution in [3.63, 3.8) is 0 Å². The zero-order chi connectivity index (χ0) is 20.4. The molecule has 0 aliphatic carbocycles. The molecule has 2 aliphatic rings. The van der Waals surface area contributed by atoms with E-state index >= 15 is 0 Å². The van der Waals surface area contributed by atoms with E-state index in [2.05, 4.69) is 15.2 Å². The molecule has 0 spiro atoms. The minimum Gasteiger partial charge on any atom is -0.437 e. The number of amides is 1. The van der Waals surface area contributed by atoms with Gasteiger partial charge in [-0.2, -0.15) is 0 Å². The van der Waals surface area contributed by atoms with Crippen LogP contribution >= 0.6 is 0 Å². The van der Waals surface area contributed by atoms with Crippen molar-refractivity contribution in [2.75, 3.05) is 39.8 Å². The lowest BCUT2D eigenvalue weighted by molar-refractivity contribution is -0.0176. The number of fused-ring (bicyclic) bond motifs is 1. The number of morpholine rings is 1. The van der Waals surface area contributed by atoms with Crippen molar-refractivity contribution in [3.05, 3.63) is 52.7 Å². The van der Waals surface area contributed by atoms with Crippen LogP contribution in [0.5, 0.6) is 0 Å². The van der Waals surface area contributed by atoms with E-state index in [1.807, 2.05) is 11.9 Å². The van der Waals surface area contributed by atoms with Crippen LogP contribution < -0.4 is 5.32 Å². The molecule has 0 radical (unpaired) electrons. The third-order valence-electron chi connectivity index (χ3n) is 5.23. The van der Waals surface area contributed by atoms with Crippen molar-refractivity contribution in [1.82, 2.24) is 20.1 Å². The van der Waals surface area contributed by atoms with Gasteiger partial charge < -0.3 is 19.4 Å². The molecule has 4 rings (SSSR count). The van der Waals surface area contributed by atoms with Gasteiger partial charge in [0.15, 0.2) is 0 Å². The largest absolute Gasteiger partial charge is 0.437 e. The monoisotopic (exact) mass is 406 g/mol. The summed E-state index contributed by atoms with van der Waals surface area (Å²) in [6, 6.07) is 3.44. The molecule has 1 amide bonds. The van der Waals surface area contributed by atoms with E-state index in [0.29, 0.717) is 49.7 Å². The Bertz CT molecular complexity index is 889. The Morgan fingerprint density at radius 3 is 3.03 bits per heavy atom. The molecular weight excluding hydrogens is 382 g/mol. The number of halogens is 2. The summed E-state index contributed by atoms with van der Waals surface area (Å²) in [6.45, 7) is 3.97. The number of hydrogen-bond donors (Lipinski definition) is 1. The molecule has 29 heavy (non-hydrogen) atoms. The molecule has 1 saturated heterocycles. The van der Waals surface area contributed by atoms with Crippen molar-refractivity contribution in [2.24, 2.45) is 0 Å². The van der Waals surface area contributed by atoms with Gasteiger partial charge >= 0.3 is 5.91 Å². The molecule has 0 bridgehead atoms. The van der Waals surface area contributed by atoms with E-state index in [1.165, 1.54) is 6.07 Å². The summed E-state index contributed by atoms with van der Waals surface area (Å²) in [7, 11) is 2.01. The second kappa shape index (κ2) is 8.56. The molecule has 1 N–H and O–H groups in total. The third kappa shape index (κ3) is 4.80. The molecule has 0 saturated carbocycles. The number of hydrogen-bond acceptors (Lipinski definition) is 6. The van der Waals surface area contributed by atoms with Gasteiger partial charge in [0.05, 0.1) is 18.4 Å². The lowest BCUT2D eigenvalue weighted by atomic mass is 10.1. The normalized spacial score (nSPS) is 20.4. The fraction of sp³-hybridized carbons (Fsp3) is 0.500. The third-order valence-corrected chi connectivity index (χ3v) is 5.23. The second-order valence-corrected chi connectivity index (χ2v) is 7.55. The predicted molar refractivity (Wildman–Crippen MR) is 100 cm³/mol. The van der Waals surface area contributed by atoms with Gasteiger partial charge in [-0.15, -0.1) is 0 Å². The highest BCUT2D eigenvalue weighted by molar-refractivity contribution is 5.89. The van der Waals surface area contributed by atoms with Crippen LogP contribution in [0.4, 0.5) is 8.78 Å². The van der Waals surface area contributed by atoms with Crippen molar-refractivity contribution < 1.29 is 22.7 Å². The van der Waals surface area contributed by atoms with Gasteiger partial charge in [-0.3, -0.25) is 9.69 Å². The van der Waals surface area contributed by atoms with Crippen LogP contribution in [0.25, 0.3) is 0 Å². The zero-order valence-corrected chi connectivity index (χ0v) is 16.3. The van der Waals surface area contributed by atoms with E-state index in [0.717, 1.165) is 25.2 Å². The van der Waals surface area contributed by atoms with Gasteiger partial charge in [0, 0.05) is 51.3 Å². The summed E-state index contributed by atoms with van der Waals surface area (Å²) in [4.78, 5) is 20.8. The SMILES string of the molecule is CN1CCO[C@H](CNC(=O)c2nc3c(o2)CCN(Cc2cc(F)ccc2F)C3)C1. The van der Waals surface area contributed by atoms with Crippen LogP contribution in [-0.4, -0.2) is 66.6 Å². The fourth-order valence-corrected chi connectivity index (χ4v) is 3.66. The maximum absolute atomic E-state index is 13.9. The number of carbonyl (C=O) groups excluding carboxylic acids is 1. The van der Waals surface area contributed by atoms with Crippen LogP contribution in [0.3, 0.4) is 0 Å². The number of carbonyl (C=O) groups is 1. The number of rotatable bonds is 5. The van der Waals surface area contributed by atoms with Crippen molar-refractivity contribution in [1.29, 1.82) is 0 Å². The van der Waals surface area contributed by atoms with Crippen molar-refractivity contribution in [2.45, 2.75) is 25.6 Å². The van der Waals surface area contributed by atoms with Gasteiger partial charge in [-0.25, -0.2) is 13.8 Å². The molecule has 2 aromatic rings. The van der Waals surface area contributed by atoms with E-state index in [1.54, 1.807) is 0 Å². The van der Waals surface area contributed by atoms with Gasteiger partial charge in [-0.1, -0.05) is 0 Å². The van der Waals surface area contributed by atoms with Crippen molar-refractivity contribution >= 4 is 5.91 Å². The molecule has 9 heteroatoms. The first-order chi connectivity index (χ1) is 14.0. The Morgan fingerprint density at radius 1 is 1.34 bits per heavy atom. The number of aromatic nitrogens is 1. The molecular formula is C20H24F2N4O3. The highest BCUT2D eigenvalue weighted by Gasteiger charge is 2.26. The van der Waals surface area contributed by atoms with E-state index in [4.69, 9.17) is 9.15 Å². The van der Waals surface area contributed by atoms with Crippen LogP contribution in [0.15, 0.2) is 22.6 Å². The van der Waals surface area contributed by atoms with Crippen LogP contribution in [0.1, 0.15) is 27.7 Å². The Kier molecular flexibility index (Phi) is 5.89. The molecule has 1 aromatic heterocycles. The number of benzene rings is 1. The van der Waals surface area contributed by atoms with Gasteiger partial charge in [0.2, 0.25) is 0 Å². The summed E-state index contributed by atoms with van der Waals surface area (Å²) in [5, 5.41) is 2.81. The molecule has 1 aromatic carbocycles. The highest BCUT2D eigenvalue weighted by Crippen LogP contribution is 2.22. The first kappa shape index (κ1) is 19.9.